The smallest absolute Gasteiger partial charge is 0.383 e. The first-order valence-electron chi connectivity index (χ1n) is 7.03. The molecule has 2 aliphatic heterocycles. The number of aliphatic hydroxyl groups is 1. The van der Waals surface area contributed by atoms with Crippen LogP contribution in [0.25, 0.3) is 0 Å². The fourth-order valence-corrected chi connectivity index (χ4v) is 4.44. The quantitative estimate of drug-likeness (QED) is 0.606. The summed E-state index contributed by atoms with van der Waals surface area (Å²) in [5, 5.41) is 10.9. The van der Waals surface area contributed by atoms with Gasteiger partial charge < -0.3 is 9.84 Å². The minimum Gasteiger partial charge on any atom is -0.383 e. The van der Waals surface area contributed by atoms with Crippen molar-refractivity contribution in [2.24, 2.45) is 0 Å². The standard InChI is InChI=1S/C12H17N2O7PS/c1-3-18-22(17)19-6-7-9(21-22)12(2,16)10(20-7)14-5-4-8(15)13-11(14)23/h4-5,7,9-10,16H,3,6H2,1-2H3,(H,13,15,23). The molecule has 1 aromatic heterocycles. The van der Waals surface area contributed by atoms with Crippen molar-refractivity contribution in [2.45, 2.75) is 37.9 Å². The molecule has 9 nitrogen and oxygen atoms in total. The fourth-order valence-electron chi connectivity index (χ4n) is 2.71. The number of H-pyrrole nitrogens is 1. The third kappa shape index (κ3) is 2.96. The van der Waals surface area contributed by atoms with Crippen LogP contribution in [-0.2, 0) is 22.9 Å². The summed E-state index contributed by atoms with van der Waals surface area (Å²) in [6.45, 7) is 3.23. The molecular weight excluding hydrogens is 347 g/mol. The number of hydrogen-bond donors (Lipinski definition) is 2. The topological polar surface area (TPSA) is 112 Å². The molecule has 0 aromatic carbocycles. The van der Waals surface area contributed by atoms with E-state index in [4.69, 9.17) is 30.5 Å². The zero-order valence-corrected chi connectivity index (χ0v) is 14.2. The first kappa shape index (κ1) is 17.0. The van der Waals surface area contributed by atoms with Gasteiger partial charge in [-0.2, -0.15) is 0 Å². The van der Waals surface area contributed by atoms with Gasteiger partial charge in [0.2, 0.25) is 0 Å². The molecule has 5 unspecified atom stereocenters. The van der Waals surface area contributed by atoms with E-state index in [2.05, 4.69) is 4.98 Å². The van der Waals surface area contributed by atoms with Gasteiger partial charge in [0.1, 0.15) is 17.8 Å². The number of nitrogens with zero attached hydrogens (tertiary/aromatic N) is 1. The highest BCUT2D eigenvalue weighted by atomic mass is 32.1. The Morgan fingerprint density at radius 1 is 1.65 bits per heavy atom. The molecule has 11 heteroatoms. The lowest BCUT2D eigenvalue weighted by molar-refractivity contribution is -0.0933. The van der Waals surface area contributed by atoms with Gasteiger partial charge in [-0.05, 0) is 26.1 Å². The molecule has 2 aliphatic rings. The Labute approximate surface area is 136 Å². The normalized spacial score (nSPS) is 40.0. The Balaban J connectivity index is 1.94. The number of phosphoric acid groups is 1. The van der Waals surface area contributed by atoms with Crippen LogP contribution in [0.1, 0.15) is 20.1 Å². The third-order valence-corrected chi connectivity index (χ3v) is 5.59. The number of aromatic nitrogens is 2. The summed E-state index contributed by atoms with van der Waals surface area (Å²) in [7, 11) is -3.73. The maximum atomic E-state index is 12.3. The highest BCUT2D eigenvalue weighted by Crippen LogP contribution is 2.58. The summed E-state index contributed by atoms with van der Waals surface area (Å²) in [6, 6.07) is 1.26. The largest absolute Gasteiger partial charge is 0.475 e. The van der Waals surface area contributed by atoms with Gasteiger partial charge in [-0.1, -0.05) is 0 Å². The molecular formula is C12H17N2O7PS. The SMILES string of the molecule is CCOP1(=O)OCC2OC(n3ccc(=O)[nH]c3=S)C(C)(O)C2O1. The maximum absolute atomic E-state index is 12.3. The molecule has 0 aliphatic carbocycles. The Morgan fingerprint density at radius 2 is 2.39 bits per heavy atom. The number of hydrogen-bond acceptors (Lipinski definition) is 8. The highest BCUT2D eigenvalue weighted by Gasteiger charge is 2.59. The van der Waals surface area contributed by atoms with E-state index in [1.165, 1.54) is 23.8 Å². The van der Waals surface area contributed by atoms with E-state index in [-0.39, 0.29) is 23.5 Å². The minimum atomic E-state index is -3.73. The number of fused-ring (bicyclic) bond motifs is 1. The second-order valence-electron chi connectivity index (χ2n) is 5.46. The van der Waals surface area contributed by atoms with E-state index in [0.717, 1.165) is 0 Å². The molecule has 3 rings (SSSR count). The molecule has 23 heavy (non-hydrogen) atoms. The van der Waals surface area contributed by atoms with Crippen LogP contribution in [0.2, 0.25) is 0 Å². The van der Waals surface area contributed by atoms with Gasteiger partial charge in [0.15, 0.2) is 11.0 Å². The van der Waals surface area contributed by atoms with Crippen LogP contribution < -0.4 is 5.56 Å². The molecule has 0 bridgehead atoms. The molecule has 2 N–H and O–H groups in total. The predicted octanol–water partition coefficient (Wildman–Crippen LogP) is 1.11. The van der Waals surface area contributed by atoms with Crippen LogP contribution in [0, 0.1) is 4.77 Å². The van der Waals surface area contributed by atoms with Crippen LogP contribution in [-0.4, -0.2) is 45.7 Å². The minimum absolute atomic E-state index is 0.0503. The number of ether oxygens (including phenoxy) is 1. The summed E-state index contributed by atoms with van der Waals surface area (Å²) in [5.41, 5.74) is -1.92. The zero-order chi connectivity index (χ0) is 16.8. The third-order valence-electron chi connectivity index (χ3n) is 3.75. The molecule has 3 heterocycles. The monoisotopic (exact) mass is 364 g/mol. The van der Waals surface area contributed by atoms with Gasteiger partial charge in [0.05, 0.1) is 13.2 Å². The molecule has 5 atom stereocenters. The Kier molecular flexibility index (Phi) is 4.35. The van der Waals surface area contributed by atoms with Crippen molar-refractivity contribution >= 4 is 20.0 Å². The summed E-state index contributed by atoms with van der Waals surface area (Å²) in [4.78, 5) is 13.7. The molecule has 0 radical (unpaired) electrons. The van der Waals surface area contributed by atoms with E-state index in [9.17, 15) is 14.5 Å². The van der Waals surface area contributed by atoms with E-state index >= 15 is 0 Å². The molecule has 0 saturated carbocycles. The van der Waals surface area contributed by atoms with Crippen molar-refractivity contribution in [1.82, 2.24) is 9.55 Å². The first-order valence-corrected chi connectivity index (χ1v) is 8.90. The number of aromatic amines is 1. The van der Waals surface area contributed by atoms with Crippen molar-refractivity contribution < 1.29 is 28.0 Å². The molecule has 2 saturated heterocycles. The fraction of sp³-hybridized carbons (Fsp3) is 0.667. The van der Waals surface area contributed by atoms with Crippen LogP contribution >= 0.6 is 20.0 Å². The average molecular weight is 364 g/mol. The lowest BCUT2D eigenvalue weighted by Crippen LogP contribution is -2.47. The Bertz CT molecular complexity index is 760. The molecule has 1 aromatic rings. The molecule has 0 spiro atoms. The van der Waals surface area contributed by atoms with Crippen LogP contribution in [0.15, 0.2) is 17.1 Å². The lowest BCUT2D eigenvalue weighted by Gasteiger charge is -2.34. The van der Waals surface area contributed by atoms with E-state index in [0.29, 0.717) is 0 Å². The van der Waals surface area contributed by atoms with Crippen LogP contribution in [0.3, 0.4) is 0 Å². The van der Waals surface area contributed by atoms with Gasteiger partial charge in [-0.3, -0.25) is 27.9 Å². The lowest BCUT2D eigenvalue weighted by atomic mass is 9.96. The second kappa shape index (κ2) is 5.89. The summed E-state index contributed by atoms with van der Waals surface area (Å²) in [5.74, 6) is 0. The number of rotatable bonds is 3. The van der Waals surface area contributed by atoms with Gasteiger partial charge in [-0.25, -0.2) is 4.57 Å². The zero-order valence-electron chi connectivity index (χ0n) is 12.5. The number of phosphoric ester groups is 1. The van der Waals surface area contributed by atoms with Gasteiger partial charge >= 0.3 is 7.82 Å². The maximum Gasteiger partial charge on any atom is 0.475 e. The predicted molar refractivity (Wildman–Crippen MR) is 80.5 cm³/mol. The van der Waals surface area contributed by atoms with Crippen LogP contribution in [0.5, 0.6) is 0 Å². The summed E-state index contributed by atoms with van der Waals surface area (Å²) < 4.78 is 35.1. The van der Waals surface area contributed by atoms with Gasteiger partial charge in [-0.15, -0.1) is 0 Å². The second-order valence-corrected chi connectivity index (χ2v) is 7.47. The highest BCUT2D eigenvalue weighted by molar-refractivity contribution is 7.71. The van der Waals surface area contributed by atoms with E-state index in [1.54, 1.807) is 6.92 Å². The van der Waals surface area contributed by atoms with Crippen molar-refractivity contribution in [1.29, 1.82) is 0 Å². The summed E-state index contributed by atoms with van der Waals surface area (Å²) >= 11 is 5.10. The van der Waals surface area contributed by atoms with E-state index in [1.807, 2.05) is 0 Å². The van der Waals surface area contributed by atoms with Crippen molar-refractivity contribution in [3.8, 4) is 0 Å². The Hall–Kier alpha value is -0.870. The van der Waals surface area contributed by atoms with Crippen molar-refractivity contribution in [3.63, 3.8) is 0 Å². The Morgan fingerprint density at radius 3 is 3.04 bits per heavy atom. The first-order chi connectivity index (χ1) is 10.8. The van der Waals surface area contributed by atoms with Crippen molar-refractivity contribution in [3.05, 3.63) is 27.4 Å². The molecule has 128 valence electrons. The number of nitrogens with one attached hydrogen (secondary N) is 1. The van der Waals surface area contributed by atoms with E-state index < -0.39 is 31.9 Å². The molecule has 2 fully saturated rings. The van der Waals surface area contributed by atoms with Crippen LogP contribution in [0.4, 0.5) is 0 Å². The summed E-state index contributed by atoms with van der Waals surface area (Å²) in [6.07, 6.45) is -1.09. The molecule has 0 amide bonds. The average Bonchev–Trinajstić information content (AvgIpc) is 2.71. The van der Waals surface area contributed by atoms with Gasteiger partial charge in [0.25, 0.3) is 5.56 Å². The van der Waals surface area contributed by atoms with Gasteiger partial charge in [0, 0.05) is 12.3 Å². The van der Waals surface area contributed by atoms with Crippen molar-refractivity contribution in [2.75, 3.05) is 13.2 Å².